The molecule has 0 aromatic carbocycles. The van der Waals surface area contributed by atoms with Crippen molar-refractivity contribution in [2.75, 3.05) is 18.0 Å². The topological polar surface area (TPSA) is 49.2 Å². The molecule has 1 aliphatic heterocycles. The van der Waals surface area contributed by atoms with E-state index in [-0.39, 0.29) is 5.75 Å². The van der Waals surface area contributed by atoms with Gasteiger partial charge in [0.15, 0.2) is 11.6 Å². The molecule has 4 heteroatoms. The molecule has 64 valence electrons. The van der Waals surface area contributed by atoms with Crippen molar-refractivity contribution in [3.63, 3.8) is 0 Å². The highest BCUT2D eigenvalue weighted by molar-refractivity contribution is 5.54. The van der Waals surface area contributed by atoms with Crippen molar-refractivity contribution in [2.45, 2.75) is 13.3 Å². The lowest BCUT2D eigenvalue weighted by Crippen LogP contribution is -2.37. The molecule has 0 aliphatic carbocycles. The molecule has 0 radical (unpaired) electrons. The van der Waals surface area contributed by atoms with E-state index >= 15 is 0 Å². The molecule has 4 nitrogen and oxygen atoms in total. The number of anilines is 1. The maximum atomic E-state index is 9.57. The highest BCUT2D eigenvalue weighted by atomic mass is 16.3. The van der Waals surface area contributed by atoms with Crippen molar-refractivity contribution in [3.05, 3.63) is 12.0 Å². The third-order valence-electron chi connectivity index (χ3n) is 2.14. The van der Waals surface area contributed by atoms with Crippen LogP contribution in [0.3, 0.4) is 0 Å². The molecule has 1 aromatic heterocycles. The van der Waals surface area contributed by atoms with Crippen LogP contribution in [-0.2, 0) is 0 Å². The molecule has 12 heavy (non-hydrogen) atoms. The second-order valence-electron chi connectivity index (χ2n) is 2.97. The van der Waals surface area contributed by atoms with E-state index in [1.807, 2.05) is 4.90 Å². The summed E-state index contributed by atoms with van der Waals surface area (Å²) >= 11 is 0. The normalized spacial score (nSPS) is 15.9. The Morgan fingerprint density at radius 3 is 2.75 bits per heavy atom. The lowest BCUT2D eigenvalue weighted by Gasteiger charge is -2.32. The number of aromatic nitrogens is 2. The van der Waals surface area contributed by atoms with E-state index in [1.165, 1.54) is 12.7 Å². The van der Waals surface area contributed by atoms with Crippen LogP contribution in [0, 0.1) is 6.92 Å². The van der Waals surface area contributed by atoms with Gasteiger partial charge in [-0.25, -0.2) is 9.97 Å². The molecule has 2 rings (SSSR count). The molecule has 0 unspecified atom stereocenters. The molecule has 0 atom stereocenters. The summed E-state index contributed by atoms with van der Waals surface area (Å²) in [7, 11) is 0. The van der Waals surface area contributed by atoms with Crippen LogP contribution in [-0.4, -0.2) is 28.2 Å². The summed E-state index contributed by atoms with van der Waals surface area (Å²) in [5.74, 6) is 0.894. The average Bonchev–Trinajstić information content (AvgIpc) is 1.95. The van der Waals surface area contributed by atoms with E-state index in [1.54, 1.807) is 6.92 Å². The largest absolute Gasteiger partial charge is 0.503 e. The SMILES string of the molecule is Cc1ncnc(N2CCC2)c1O. The van der Waals surface area contributed by atoms with Crippen LogP contribution in [0.25, 0.3) is 0 Å². The van der Waals surface area contributed by atoms with Crippen molar-refractivity contribution in [1.82, 2.24) is 9.97 Å². The zero-order chi connectivity index (χ0) is 8.55. The fraction of sp³-hybridized carbons (Fsp3) is 0.500. The Bertz CT molecular complexity index is 296. The first kappa shape index (κ1) is 7.34. The summed E-state index contributed by atoms with van der Waals surface area (Å²) in [6, 6.07) is 0. The Labute approximate surface area is 70.9 Å². The minimum Gasteiger partial charge on any atom is -0.503 e. The van der Waals surface area contributed by atoms with Gasteiger partial charge in [0.2, 0.25) is 0 Å². The number of hydrogen-bond acceptors (Lipinski definition) is 4. The summed E-state index contributed by atoms with van der Waals surface area (Å²) in [5, 5.41) is 9.57. The van der Waals surface area contributed by atoms with Gasteiger partial charge in [-0.05, 0) is 13.3 Å². The number of aromatic hydroxyl groups is 1. The molecule has 1 N–H and O–H groups in total. The van der Waals surface area contributed by atoms with E-state index in [0.717, 1.165) is 13.1 Å². The number of rotatable bonds is 1. The molecule has 0 spiro atoms. The van der Waals surface area contributed by atoms with Crippen LogP contribution in [0.15, 0.2) is 6.33 Å². The lowest BCUT2D eigenvalue weighted by atomic mass is 10.2. The van der Waals surface area contributed by atoms with E-state index in [9.17, 15) is 5.11 Å². The van der Waals surface area contributed by atoms with E-state index in [4.69, 9.17) is 0 Å². The molecule has 2 heterocycles. The fourth-order valence-corrected chi connectivity index (χ4v) is 1.21. The third-order valence-corrected chi connectivity index (χ3v) is 2.14. The summed E-state index contributed by atoms with van der Waals surface area (Å²) in [6.45, 7) is 3.76. The van der Waals surface area contributed by atoms with Gasteiger partial charge in [-0.1, -0.05) is 0 Å². The van der Waals surface area contributed by atoms with Crippen LogP contribution in [0.1, 0.15) is 12.1 Å². The molecule has 1 aliphatic rings. The van der Waals surface area contributed by atoms with Gasteiger partial charge >= 0.3 is 0 Å². The molecule has 1 saturated heterocycles. The van der Waals surface area contributed by atoms with Gasteiger partial charge in [0.05, 0.1) is 5.69 Å². The first-order chi connectivity index (χ1) is 5.79. The van der Waals surface area contributed by atoms with Crippen molar-refractivity contribution >= 4 is 5.82 Å². The van der Waals surface area contributed by atoms with Gasteiger partial charge in [0.25, 0.3) is 0 Å². The molecule has 1 aromatic rings. The zero-order valence-corrected chi connectivity index (χ0v) is 6.99. The number of aryl methyl sites for hydroxylation is 1. The minimum atomic E-state index is 0.220. The summed E-state index contributed by atoms with van der Waals surface area (Å²) in [6.07, 6.45) is 2.67. The van der Waals surface area contributed by atoms with Crippen molar-refractivity contribution < 1.29 is 5.11 Å². The maximum Gasteiger partial charge on any atom is 0.180 e. The first-order valence-electron chi connectivity index (χ1n) is 4.04. The number of hydrogen-bond donors (Lipinski definition) is 1. The molecule has 0 bridgehead atoms. The van der Waals surface area contributed by atoms with Gasteiger partial charge in [-0.15, -0.1) is 0 Å². The van der Waals surface area contributed by atoms with Crippen molar-refractivity contribution in [3.8, 4) is 5.75 Å². The van der Waals surface area contributed by atoms with Crippen LogP contribution in [0.2, 0.25) is 0 Å². The van der Waals surface area contributed by atoms with Gasteiger partial charge in [0.1, 0.15) is 6.33 Å². The third kappa shape index (κ3) is 0.995. The van der Waals surface area contributed by atoms with Crippen molar-refractivity contribution in [1.29, 1.82) is 0 Å². The van der Waals surface area contributed by atoms with E-state index < -0.39 is 0 Å². The second-order valence-corrected chi connectivity index (χ2v) is 2.97. The van der Waals surface area contributed by atoms with Gasteiger partial charge in [0, 0.05) is 13.1 Å². The molecular weight excluding hydrogens is 154 g/mol. The van der Waals surface area contributed by atoms with Crippen LogP contribution in [0.4, 0.5) is 5.82 Å². The lowest BCUT2D eigenvalue weighted by molar-refractivity contribution is 0.457. The quantitative estimate of drug-likeness (QED) is 0.665. The Balaban J connectivity index is 2.36. The predicted molar refractivity (Wildman–Crippen MR) is 45.3 cm³/mol. The molecule has 0 saturated carbocycles. The average molecular weight is 165 g/mol. The summed E-state index contributed by atoms with van der Waals surface area (Å²) in [4.78, 5) is 9.96. The number of nitrogens with zero attached hydrogens (tertiary/aromatic N) is 3. The van der Waals surface area contributed by atoms with Crippen molar-refractivity contribution in [2.24, 2.45) is 0 Å². The standard InChI is InChI=1S/C8H11N3O/c1-6-7(12)8(10-5-9-6)11-3-2-4-11/h5,12H,2-4H2,1H3. The Hall–Kier alpha value is -1.32. The van der Waals surface area contributed by atoms with E-state index in [2.05, 4.69) is 9.97 Å². The predicted octanol–water partition coefficient (Wildman–Crippen LogP) is 0.701. The van der Waals surface area contributed by atoms with Crippen LogP contribution < -0.4 is 4.90 Å². The first-order valence-corrected chi connectivity index (χ1v) is 4.04. The van der Waals surface area contributed by atoms with Gasteiger partial charge < -0.3 is 10.0 Å². The Kier molecular flexibility index (Phi) is 1.60. The fourth-order valence-electron chi connectivity index (χ4n) is 1.21. The van der Waals surface area contributed by atoms with Gasteiger partial charge in [-0.3, -0.25) is 0 Å². The smallest absolute Gasteiger partial charge is 0.180 e. The minimum absolute atomic E-state index is 0.220. The van der Waals surface area contributed by atoms with Crippen LogP contribution in [0.5, 0.6) is 5.75 Å². The summed E-state index contributed by atoms with van der Waals surface area (Å²) in [5.41, 5.74) is 0.645. The Morgan fingerprint density at radius 1 is 1.42 bits per heavy atom. The highest BCUT2D eigenvalue weighted by Gasteiger charge is 2.19. The van der Waals surface area contributed by atoms with Gasteiger partial charge in [-0.2, -0.15) is 0 Å². The Morgan fingerprint density at radius 2 is 2.17 bits per heavy atom. The second kappa shape index (κ2) is 2.62. The molecule has 0 amide bonds. The molecule has 1 fully saturated rings. The molecular formula is C8H11N3O. The van der Waals surface area contributed by atoms with Crippen LogP contribution >= 0.6 is 0 Å². The monoisotopic (exact) mass is 165 g/mol. The summed E-state index contributed by atoms with van der Waals surface area (Å²) < 4.78 is 0. The van der Waals surface area contributed by atoms with E-state index in [0.29, 0.717) is 11.5 Å². The zero-order valence-electron chi connectivity index (χ0n) is 6.99. The maximum absolute atomic E-state index is 9.57. The highest BCUT2D eigenvalue weighted by Crippen LogP contribution is 2.28.